The van der Waals surface area contributed by atoms with Crippen molar-refractivity contribution in [2.75, 3.05) is 7.05 Å². The Balaban J connectivity index is 0.000000671. The van der Waals surface area contributed by atoms with Gasteiger partial charge in [0.25, 0.3) is 0 Å². The fraction of sp³-hybridized carbons (Fsp3) is 1.00. The van der Waals surface area contributed by atoms with Crippen LogP contribution < -0.4 is 5.32 Å². The van der Waals surface area contributed by atoms with Crippen molar-refractivity contribution in [3.63, 3.8) is 0 Å². The van der Waals surface area contributed by atoms with Gasteiger partial charge in [0.2, 0.25) is 0 Å². The maximum atomic E-state index is 9.32. The number of hydrogen-bond donors (Lipinski definition) is 3. The highest BCUT2D eigenvalue weighted by molar-refractivity contribution is 4.83. The van der Waals surface area contributed by atoms with Crippen LogP contribution in [0.25, 0.3) is 0 Å². The predicted molar refractivity (Wildman–Crippen MR) is 51.4 cm³/mol. The van der Waals surface area contributed by atoms with Crippen LogP contribution in [-0.2, 0) is 4.74 Å². The Morgan fingerprint density at radius 1 is 1.31 bits per heavy atom. The van der Waals surface area contributed by atoms with E-state index in [1.165, 1.54) is 0 Å². The molecule has 4 heteroatoms. The molecule has 4 nitrogen and oxygen atoms in total. The van der Waals surface area contributed by atoms with E-state index in [4.69, 9.17) is 9.84 Å². The molecule has 0 bridgehead atoms. The highest BCUT2D eigenvalue weighted by atomic mass is 16.6. The van der Waals surface area contributed by atoms with Crippen molar-refractivity contribution in [1.82, 2.24) is 5.32 Å². The molecule has 0 aromatic rings. The van der Waals surface area contributed by atoms with Gasteiger partial charge in [0.15, 0.2) is 6.29 Å². The smallest absolute Gasteiger partial charge is 0.182 e. The molecule has 2 unspecified atom stereocenters. The number of ether oxygens (including phenoxy) is 1. The van der Waals surface area contributed by atoms with Gasteiger partial charge >= 0.3 is 0 Å². The second-order valence-corrected chi connectivity index (χ2v) is 2.96. The standard InChI is InChI=1S/C7H15NO3.C2H6/c1-4-3-5(8-2)6(9)7(10)11-4;1-2/h4-10H,3H2,1-2H3;1-2H3/t4?,5?,6-,7-;/m1./s1. The maximum Gasteiger partial charge on any atom is 0.182 e. The lowest BCUT2D eigenvalue weighted by molar-refractivity contribution is -0.219. The van der Waals surface area contributed by atoms with E-state index in [9.17, 15) is 5.11 Å². The minimum Gasteiger partial charge on any atom is -0.386 e. The van der Waals surface area contributed by atoms with Crippen LogP contribution >= 0.6 is 0 Å². The van der Waals surface area contributed by atoms with Gasteiger partial charge in [-0.1, -0.05) is 13.8 Å². The van der Waals surface area contributed by atoms with Crippen molar-refractivity contribution in [3.05, 3.63) is 0 Å². The van der Waals surface area contributed by atoms with E-state index in [1.54, 1.807) is 7.05 Å². The van der Waals surface area contributed by atoms with Crippen LogP contribution in [0, 0.1) is 0 Å². The van der Waals surface area contributed by atoms with E-state index in [0.717, 1.165) is 6.42 Å². The summed E-state index contributed by atoms with van der Waals surface area (Å²) < 4.78 is 5.00. The molecule has 0 saturated carbocycles. The molecule has 13 heavy (non-hydrogen) atoms. The third kappa shape index (κ3) is 3.60. The second-order valence-electron chi connectivity index (χ2n) is 2.96. The van der Waals surface area contributed by atoms with Gasteiger partial charge in [-0.05, 0) is 20.4 Å². The number of nitrogens with one attached hydrogen (secondary N) is 1. The molecule has 0 amide bonds. The molecule has 1 fully saturated rings. The molecule has 3 N–H and O–H groups in total. The van der Waals surface area contributed by atoms with Crippen LogP contribution in [0.5, 0.6) is 0 Å². The highest BCUT2D eigenvalue weighted by Crippen LogP contribution is 2.17. The summed E-state index contributed by atoms with van der Waals surface area (Å²) in [6, 6.07) is -0.0613. The molecule has 1 rings (SSSR count). The lowest BCUT2D eigenvalue weighted by atomic mass is 10.0. The maximum absolute atomic E-state index is 9.32. The van der Waals surface area contributed by atoms with Gasteiger partial charge in [-0.25, -0.2) is 0 Å². The van der Waals surface area contributed by atoms with Crippen molar-refractivity contribution in [1.29, 1.82) is 0 Å². The zero-order valence-corrected chi connectivity index (χ0v) is 8.82. The summed E-state index contributed by atoms with van der Waals surface area (Å²) in [5.41, 5.74) is 0. The summed E-state index contributed by atoms with van der Waals surface area (Å²) in [5.74, 6) is 0. The lowest BCUT2D eigenvalue weighted by Crippen LogP contribution is -2.52. The third-order valence-electron chi connectivity index (χ3n) is 2.03. The number of hydrogen-bond acceptors (Lipinski definition) is 4. The summed E-state index contributed by atoms with van der Waals surface area (Å²) in [7, 11) is 1.76. The Bertz CT molecular complexity index is 132. The normalized spacial score (nSPS) is 39.2. The van der Waals surface area contributed by atoms with E-state index in [0.29, 0.717) is 0 Å². The molecule has 1 heterocycles. The Morgan fingerprint density at radius 3 is 2.31 bits per heavy atom. The van der Waals surface area contributed by atoms with Gasteiger partial charge in [-0.3, -0.25) is 0 Å². The van der Waals surface area contributed by atoms with Gasteiger partial charge in [0, 0.05) is 6.04 Å². The molecule has 0 aromatic carbocycles. The monoisotopic (exact) mass is 191 g/mol. The Morgan fingerprint density at radius 2 is 1.85 bits per heavy atom. The zero-order valence-electron chi connectivity index (χ0n) is 8.82. The Kier molecular flexibility index (Phi) is 6.24. The van der Waals surface area contributed by atoms with Crippen LogP contribution in [0.2, 0.25) is 0 Å². The van der Waals surface area contributed by atoms with Gasteiger partial charge in [-0.2, -0.15) is 0 Å². The lowest BCUT2D eigenvalue weighted by Gasteiger charge is -2.35. The number of aliphatic hydroxyl groups excluding tert-OH is 2. The minimum absolute atomic E-state index is 0.00542. The van der Waals surface area contributed by atoms with Gasteiger partial charge in [0.05, 0.1) is 6.10 Å². The first-order valence-electron chi connectivity index (χ1n) is 4.84. The largest absolute Gasteiger partial charge is 0.386 e. The van der Waals surface area contributed by atoms with Crippen LogP contribution in [0.4, 0.5) is 0 Å². The van der Waals surface area contributed by atoms with Crippen molar-refractivity contribution in [2.45, 2.75) is 51.7 Å². The van der Waals surface area contributed by atoms with E-state index in [2.05, 4.69) is 5.32 Å². The summed E-state index contributed by atoms with van der Waals surface area (Å²) in [4.78, 5) is 0. The third-order valence-corrected chi connectivity index (χ3v) is 2.03. The van der Waals surface area contributed by atoms with Crippen LogP contribution in [0.3, 0.4) is 0 Å². The fourth-order valence-corrected chi connectivity index (χ4v) is 1.36. The number of rotatable bonds is 1. The van der Waals surface area contributed by atoms with Crippen molar-refractivity contribution in [3.8, 4) is 0 Å². The molecule has 0 spiro atoms. The molecule has 1 aliphatic heterocycles. The molecule has 80 valence electrons. The van der Waals surface area contributed by atoms with Crippen molar-refractivity contribution in [2.24, 2.45) is 0 Å². The van der Waals surface area contributed by atoms with E-state index in [-0.39, 0.29) is 12.1 Å². The van der Waals surface area contributed by atoms with E-state index >= 15 is 0 Å². The van der Waals surface area contributed by atoms with Gasteiger partial charge in [-0.15, -0.1) is 0 Å². The first kappa shape index (κ1) is 12.8. The molecule has 4 atom stereocenters. The van der Waals surface area contributed by atoms with Crippen molar-refractivity contribution < 1.29 is 14.9 Å². The highest BCUT2D eigenvalue weighted by Gasteiger charge is 2.33. The molecule has 0 radical (unpaired) electrons. The first-order valence-corrected chi connectivity index (χ1v) is 4.84. The van der Waals surface area contributed by atoms with Crippen LogP contribution in [0.15, 0.2) is 0 Å². The summed E-state index contributed by atoms with van der Waals surface area (Å²) >= 11 is 0. The minimum atomic E-state index is -1.05. The SMILES string of the molecule is CC.CNC1CC(C)O[C@@H](O)[C@@H]1O. The average Bonchev–Trinajstić information content (AvgIpc) is 2.14. The predicted octanol–water partition coefficient (Wildman–Crippen LogP) is 0.0887. The number of aliphatic hydroxyl groups is 2. The number of likely N-dealkylation sites (N-methyl/N-ethyl adjacent to an activating group) is 1. The quantitative estimate of drug-likeness (QED) is 0.549. The average molecular weight is 191 g/mol. The van der Waals surface area contributed by atoms with Crippen molar-refractivity contribution >= 4 is 0 Å². The molecule has 0 aromatic heterocycles. The fourth-order valence-electron chi connectivity index (χ4n) is 1.36. The molecular formula is C9H21NO3. The van der Waals surface area contributed by atoms with Crippen LogP contribution in [0.1, 0.15) is 27.2 Å². The van der Waals surface area contributed by atoms with E-state index < -0.39 is 12.4 Å². The molecule has 0 aliphatic carbocycles. The second kappa shape index (κ2) is 6.32. The van der Waals surface area contributed by atoms with Gasteiger partial charge in [0.1, 0.15) is 6.10 Å². The first-order chi connectivity index (χ1) is 6.15. The summed E-state index contributed by atoms with van der Waals surface area (Å²) in [6.45, 7) is 5.87. The topological polar surface area (TPSA) is 61.7 Å². The summed E-state index contributed by atoms with van der Waals surface area (Å²) in [5, 5.41) is 21.4. The summed E-state index contributed by atoms with van der Waals surface area (Å²) in [6.07, 6.45) is -1.12. The zero-order chi connectivity index (χ0) is 10.4. The molecule has 1 aliphatic rings. The van der Waals surface area contributed by atoms with Crippen LogP contribution in [-0.4, -0.2) is 41.8 Å². The molecule has 1 saturated heterocycles. The Labute approximate surface area is 79.9 Å². The van der Waals surface area contributed by atoms with Gasteiger partial charge < -0.3 is 20.3 Å². The Hall–Kier alpha value is -0.160. The molecular weight excluding hydrogens is 170 g/mol. The van der Waals surface area contributed by atoms with E-state index in [1.807, 2.05) is 20.8 Å².